The Morgan fingerprint density at radius 2 is 1.85 bits per heavy atom. The minimum atomic E-state index is -0.248. The van der Waals surface area contributed by atoms with E-state index in [1.807, 2.05) is 19.1 Å². The molecule has 4 aromatic rings. The normalized spacial score (nSPS) is 10.9. The lowest BCUT2D eigenvalue weighted by atomic mass is 10.2. The van der Waals surface area contributed by atoms with Gasteiger partial charge in [-0.05, 0) is 55.0 Å². The van der Waals surface area contributed by atoms with Crippen LogP contribution in [0.4, 0.5) is 5.82 Å². The van der Waals surface area contributed by atoms with Crippen molar-refractivity contribution in [3.05, 3.63) is 75.9 Å². The predicted octanol–water partition coefficient (Wildman–Crippen LogP) is 5.49. The number of aryl methyl sites for hydroxylation is 1. The van der Waals surface area contributed by atoms with Gasteiger partial charge in [-0.25, -0.2) is 9.97 Å². The van der Waals surface area contributed by atoms with Crippen LogP contribution in [0.5, 0.6) is 0 Å². The molecule has 0 saturated heterocycles. The van der Waals surface area contributed by atoms with Crippen LogP contribution in [0, 0.1) is 6.92 Å². The summed E-state index contributed by atoms with van der Waals surface area (Å²) in [5.74, 6) is 0.814. The molecule has 0 unspecified atom stereocenters. The Kier molecular flexibility index (Phi) is 4.56. The van der Waals surface area contributed by atoms with Crippen molar-refractivity contribution in [3.63, 3.8) is 0 Å². The molecule has 2 N–H and O–H groups in total. The van der Waals surface area contributed by atoms with Crippen LogP contribution in [0.3, 0.4) is 0 Å². The highest BCUT2D eigenvalue weighted by atomic mass is 35.5. The number of pyridine rings is 1. The maximum absolute atomic E-state index is 12.5. The van der Waals surface area contributed by atoms with Gasteiger partial charge in [-0.2, -0.15) is 0 Å². The number of carbonyl (C=O) groups excluding carboxylic acids is 1. The Bertz CT molecular complexity index is 1150. The van der Waals surface area contributed by atoms with Crippen LogP contribution in [0.15, 0.2) is 54.7 Å². The highest BCUT2D eigenvalue weighted by Crippen LogP contribution is 2.33. The van der Waals surface area contributed by atoms with Gasteiger partial charge in [-0.15, -0.1) is 0 Å². The van der Waals surface area contributed by atoms with Crippen molar-refractivity contribution in [3.8, 4) is 11.4 Å². The molecule has 134 valence electrons. The minimum Gasteiger partial charge on any atom is -0.338 e. The number of nitrogens with zero attached hydrogens (tertiary/aromatic N) is 2. The first kappa shape index (κ1) is 17.5. The van der Waals surface area contributed by atoms with E-state index >= 15 is 0 Å². The fourth-order valence-electron chi connectivity index (χ4n) is 2.79. The van der Waals surface area contributed by atoms with E-state index in [2.05, 4.69) is 20.3 Å². The molecule has 7 heteroatoms. The van der Waals surface area contributed by atoms with E-state index in [9.17, 15) is 4.79 Å². The third-order valence-corrected chi connectivity index (χ3v) is 4.73. The zero-order chi connectivity index (χ0) is 19.0. The Labute approximate surface area is 165 Å². The molecule has 2 heterocycles. The number of hydrogen-bond donors (Lipinski definition) is 2. The van der Waals surface area contributed by atoms with Crippen LogP contribution in [0.25, 0.3) is 22.4 Å². The van der Waals surface area contributed by atoms with Crippen molar-refractivity contribution in [2.45, 2.75) is 6.92 Å². The van der Waals surface area contributed by atoms with E-state index < -0.39 is 0 Å². The number of halogens is 2. The summed E-state index contributed by atoms with van der Waals surface area (Å²) >= 11 is 12.5. The minimum absolute atomic E-state index is 0.248. The molecule has 2 aromatic carbocycles. The smallest absolute Gasteiger partial charge is 0.256 e. The molecule has 4 rings (SSSR count). The van der Waals surface area contributed by atoms with Gasteiger partial charge in [0.15, 0.2) is 0 Å². The van der Waals surface area contributed by atoms with E-state index in [1.165, 1.54) is 0 Å². The molecular formula is C20H14Cl2N4O. The van der Waals surface area contributed by atoms with E-state index in [0.717, 1.165) is 5.56 Å². The lowest BCUT2D eigenvalue weighted by molar-refractivity contribution is 0.102. The molecule has 27 heavy (non-hydrogen) atoms. The first-order valence-corrected chi connectivity index (χ1v) is 8.95. The van der Waals surface area contributed by atoms with E-state index in [1.54, 1.807) is 42.6 Å². The molecule has 5 nitrogen and oxygen atoms in total. The predicted molar refractivity (Wildman–Crippen MR) is 108 cm³/mol. The second-order valence-electron chi connectivity index (χ2n) is 6.09. The highest BCUT2D eigenvalue weighted by molar-refractivity contribution is 6.39. The van der Waals surface area contributed by atoms with Gasteiger partial charge in [0.05, 0.1) is 26.6 Å². The zero-order valence-electron chi connectivity index (χ0n) is 14.3. The van der Waals surface area contributed by atoms with Crippen LogP contribution in [0.2, 0.25) is 10.0 Å². The van der Waals surface area contributed by atoms with Crippen LogP contribution in [-0.2, 0) is 0 Å². The Morgan fingerprint density at radius 3 is 2.59 bits per heavy atom. The van der Waals surface area contributed by atoms with Crippen molar-refractivity contribution >= 4 is 46.0 Å². The number of aromatic nitrogens is 3. The topological polar surface area (TPSA) is 70.7 Å². The maximum atomic E-state index is 12.5. The summed E-state index contributed by atoms with van der Waals surface area (Å²) in [6.07, 6.45) is 1.66. The Balaban J connectivity index is 1.68. The van der Waals surface area contributed by atoms with Crippen LogP contribution < -0.4 is 5.32 Å². The number of benzene rings is 2. The molecule has 0 radical (unpaired) electrons. The second kappa shape index (κ2) is 7.02. The lowest BCUT2D eigenvalue weighted by Gasteiger charge is -2.05. The second-order valence-corrected chi connectivity index (χ2v) is 6.90. The first-order valence-electron chi connectivity index (χ1n) is 8.19. The number of rotatable bonds is 3. The number of anilines is 1. The largest absolute Gasteiger partial charge is 0.338 e. The summed E-state index contributed by atoms with van der Waals surface area (Å²) in [7, 11) is 0. The van der Waals surface area contributed by atoms with Crippen molar-refractivity contribution in [1.82, 2.24) is 15.0 Å². The average Bonchev–Trinajstić information content (AvgIpc) is 3.04. The summed E-state index contributed by atoms with van der Waals surface area (Å²) in [6, 6.07) is 14.2. The standard InChI is InChI=1S/C20H14Cl2N4O/c1-11-7-8-23-17(9-11)26-20(27)12-5-6-15-16(10-12)25-19(24-15)18-13(21)3-2-4-14(18)22/h2-10H,1H3,(H,24,25)(H,23,26,27). The molecule has 0 spiro atoms. The van der Waals surface area contributed by atoms with Gasteiger partial charge in [0.1, 0.15) is 11.6 Å². The SMILES string of the molecule is Cc1ccnc(NC(=O)c2ccc3nc(-c4c(Cl)cccc4Cl)[nH]c3c2)c1. The zero-order valence-corrected chi connectivity index (χ0v) is 15.8. The van der Waals surface area contributed by atoms with E-state index in [-0.39, 0.29) is 5.91 Å². The third kappa shape index (κ3) is 3.52. The highest BCUT2D eigenvalue weighted by Gasteiger charge is 2.14. The van der Waals surface area contributed by atoms with Crippen molar-refractivity contribution in [2.24, 2.45) is 0 Å². The third-order valence-electron chi connectivity index (χ3n) is 4.10. The quantitative estimate of drug-likeness (QED) is 0.480. The lowest BCUT2D eigenvalue weighted by Crippen LogP contribution is -2.12. The average molecular weight is 397 g/mol. The van der Waals surface area contributed by atoms with Gasteiger partial charge < -0.3 is 10.3 Å². The monoisotopic (exact) mass is 396 g/mol. The van der Waals surface area contributed by atoms with Gasteiger partial charge in [-0.3, -0.25) is 4.79 Å². The van der Waals surface area contributed by atoms with Crippen LogP contribution in [0.1, 0.15) is 15.9 Å². The number of aromatic amines is 1. The summed E-state index contributed by atoms with van der Waals surface area (Å²) < 4.78 is 0. The van der Waals surface area contributed by atoms with Crippen molar-refractivity contribution in [1.29, 1.82) is 0 Å². The number of amides is 1. The van der Waals surface area contributed by atoms with Crippen molar-refractivity contribution in [2.75, 3.05) is 5.32 Å². The van der Waals surface area contributed by atoms with Gasteiger partial charge in [0, 0.05) is 11.8 Å². The van der Waals surface area contributed by atoms with Gasteiger partial charge in [0.25, 0.3) is 5.91 Å². The van der Waals surface area contributed by atoms with Gasteiger partial charge in [0.2, 0.25) is 0 Å². The molecule has 0 aliphatic heterocycles. The van der Waals surface area contributed by atoms with Crippen LogP contribution in [-0.4, -0.2) is 20.9 Å². The van der Waals surface area contributed by atoms with Crippen LogP contribution >= 0.6 is 23.2 Å². The van der Waals surface area contributed by atoms with E-state index in [0.29, 0.717) is 43.8 Å². The molecule has 2 aromatic heterocycles. The molecule has 0 aliphatic carbocycles. The summed E-state index contributed by atoms with van der Waals surface area (Å²) in [4.78, 5) is 24.4. The van der Waals surface area contributed by atoms with Crippen molar-refractivity contribution < 1.29 is 4.79 Å². The summed E-state index contributed by atoms with van der Waals surface area (Å²) in [5.41, 5.74) is 3.57. The number of hydrogen-bond acceptors (Lipinski definition) is 3. The Morgan fingerprint density at radius 1 is 1.07 bits per heavy atom. The molecule has 0 fully saturated rings. The Hall–Kier alpha value is -2.89. The number of carbonyl (C=O) groups is 1. The number of H-pyrrole nitrogens is 1. The summed E-state index contributed by atoms with van der Waals surface area (Å²) in [6.45, 7) is 1.94. The molecule has 0 saturated carbocycles. The van der Waals surface area contributed by atoms with Gasteiger partial charge in [-0.1, -0.05) is 29.3 Å². The molecular weight excluding hydrogens is 383 g/mol. The van der Waals surface area contributed by atoms with E-state index in [4.69, 9.17) is 23.2 Å². The fourth-order valence-corrected chi connectivity index (χ4v) is 3.36. The molecule has 0 atom stereocenters. The molecule has 0 aliphatic rings. The molecule has 1 amide bonds. The van der Waals surface area contributed by atoms with Gasteiger partial charge >= 0.3 is 0 Å². The molecule has 0 bridgehead atoms. The number of imidazole rings is 1. The first-order chi connectivity index (χ1) is 13.0. The number of fused-ring (bicyclic) bond motifs is 1. The maximum Gasteiger partial charge on any atom is 0.256 e. The summed E-state index contributed by atoms with van der Waals surface area (Å²) in [5, 5.41) is 3.80. The fraction of sp³-hybridized carbons (Fsp3) is 0.0500. The number of nitrogens with one attached hydrogen (secondary N) is 2.